The van der Waals surface area contributed by atoms with Crippen molar-refractivity contribution in [3.63, 3.8) is 0 Å². The number of Topliss-reactive ketones (excluding diaryl/α,β-unsaturated/α-hetero) is 4. The highest BCUT2D eigenvalue weighted by atomic mass is 16.5. The lowest BCUT2D eigenvalue weighted by Crippen LogP contribution is -2.59. The quantitative estimate of drug-likeness (QED) is 0.108. The fourth-order valence-corrected chi connectivity index (χ4v) is 4.58. The van der Waals surface area contributed by atoms with Crippen LogP contribution in [-0.2, 0) is 28.6 Å². The highest BCUT2D eigenvalue weighted by Crippen LogP contribution is 2.21. The molecule has 0 aliphatic rings. The number of nitrogens with zero attached hydrogens (tertiary/aromatic N) is 1. The smallest absolute Gasteiger partial charge is 0.270 e. The van der Waals surface area contributed by atoms with Gasteiger partial charge in [-0.25, -0.2) is 0 Å². The number of carbonyl (C=O) groups excluding carboxylic acids is 5. The lowest BCUT2D eigenvalue weighted by atomic mass is 9.98. The van der Waals surface area contributed by atoms with Gasteiger partial charge in [0.15, 0.2) is 5.78 Å². The van der Waals surface area contributed by atoms with Crippen molar-refractivity contribution in [3.8, 4) is 11.1 Å². The van der Waals surface area contributed by atoms with Crippen LogP contribution in [0.4, 0.5) is 0 Å². The fourth-order valence-electron chi connectivity index (χ4n) is 4.58. The second kappa shape index (κ2) is 20.0. The van der Waals surface area contributed by atoms with E-state index in [2.05, 4.69) is 10.3 Å². The molecule has 2 aromatic rings. The number of nitrogens with one attached hydrogen (secondary N) is 1. The third-order valence-electron chi connectivity index (χ3n) is 7.95. The van der Waals surface area contributed by atoms with Gasteiger partial charge in [-0.1, -0.05) is 85.7 Å². The number of hydrogen-bond acceptors (Lipinski definition) is 9. The first kappa shape index (κ1) is 40.6. The largest absolute Gasteiger partial charge is 0.378 e. The SMILES string of the molecule is CC(C)C(=O)CCOCC(COCCC(=O)C(C)C)(COCCC(=O)C(C)C)NC(=O)c1ccc(-c2ccc(C(=O)C(C)C)cc2)cn1.[HH]. The van der Waals surface area contributed by atoms with Crippen LogP contribution < -0.4 is 5.32 Å². The van der Waals surface area contributed by atoms with Crippen molar-refractivity contribution in [3.05, 3.63) is 53.9 Å². The van der Waals surface area contributed by atoms with Gasteiger partial charge in [0.25, 0.3) is 5.91 Å². The van der Waals surface area contributed by atoms with Gasteiger partial charge in [0, 0.05) is 61.7 Å². The summed E-state index contributed by atoms with van der Waals surface area (Å²) in [6.45, 7) is 15.0. The average molecular weight is 669 g/mol. The summed E-state index contributed by atoms with van der Waals surface area (Å²) in [6.07, 6.45) is 2.23. The first-order valence-electron chi connectivity index (χ1n) is 16.9. The molecule has 48 heavy (non-hydrogen) atoms. The van der Waals surface area contributed by atoms with Gasteiger partial charge in [-0.05, 0) is 11.6 Å². The van der Waals surface area contributed by atoms with Gasteiger partial charge in [-0.15, -0.1) is 0 Å². The van der Waals surface area contributed by atoms with E-state index in [0.717, 1.165) is 11.1 Å². The van der Waals surface area contributed by atoms with E-state index in [1.54, 1.807) is 30.5 Å². The summed E-state index contributed by atoms with van der Waals surface area (Å²) in [4.78, 5) is 67.0. The van der Waals surface area contributed by atoms with E-state index in [1.807, 2.05) is 67.5 Å². The predicted octanol–water partition coefficient (Wildman–Crippen LogP) is 6.20. The van der Waals surface area contributed by atoms with Crippen LogP contribution in [0, 0.1) is 23.7 Å². The number of pyridine rings is 1. The van der Waals surface area contributed by atoms with Crippen molar-refractivity contribution in [2.45, 2.75) is 80.2 Å². The van der Waals surface area contributed by atoms with Crippen molar-refractivity contribution < 1.29 is 39.6 Å². The van der Waals surface area contributed by atoms with Gasteiger partial charge in [-0.3, -0.25) is 29.0 Å². The van der Waals surface area contributed by atoms with Crippen LogP contribution in [-0.4, -0.2) is 79.2 Å². The van der Waals surface area contributed by atoms with E-state index in [0.29, 0.717) is 5.56 Å². The zero-order valence-electron chi connectivity index (χ0n) is 29.9. The maximum Gasteiger partial charge on any atom is 0.270 e. The zero-order chi connectivity index (χ0) is 35.9. The Morgan fingerprint density at radius 1 is 0.625 bits per heavy atom. The van der Waals surface area contributed by atoms with Crippen LogP contribution in [0.15, 0.2) is 42.6 Å². The Kier molecular flexibility index (Phi) is 16.9. The number of ether oxygens (including phenoxy) is 3. The summed E-state index contributed by atoms with van der Waals surface area (Å²) in [5.41, 5.74) is 1.20. The lowest BCUT2D eigenvalue weighted by molar-refractivity contribution is -0.123. The summed E-state index contributed by atoms with van der Waals surface area (Å²) in [5, 5.41) is 3.00. The highest BCUT2D eigenvalue weighted by Gasteiger charge is 2.35. The molecule has 10 nitrogen and oxygen atoms in total. The second-order valence-electron chi connectivity index (χ2n) is 13.5. The first-order valence-corrected chi connectivity index (χ1v) is 16.9. The summed E-state index contributed by atoms with van der Waals surface area (Å²) in [6, 6.07) is 10.6. The number of ketones is 4. The van der Waals surface area contributed by atoms with Gasteiger partial charge < -0.3 is 19.5 Å². The van der Waals surface area contributed by atoms with Crippen LogP contribution in [0.3, 0.4) is 0 Å². The summed E-state index contributed by atoms with van der Waals surface area (Å²) < 4.78 is 17.8. The van der Waals surface area contributed by atoms with Crippen molar-refractivity contribution in [2.24, 2.45) is 23.7 Å². The van der Waals surface area contributed by atoms with Crippen LogP contribution >= 0.6 is 0 Å². The molecule has 0 bridgehead atoms. The molecule has 1 amide bonds. The lowest BCUT2D eigenvalue weighted by Gasteiger charge is -2.34. The molecule has 1 aromatic heterocycles. The molecule has 0 spiro atoms. The molecule has 10 heteroatoms. The van der Waals surface area contributed by atoms with Crippen LogP contribution in [0.1, 0.15) is 96.9 Å². The van der Waals surface area contributed by atoms with E-state index >= 15 is 0 Å². The molecule has 0 aliphatic carbocycles. The number of amides is 1. The topological polar surface area (TPSA) is 138 Å². The first-order chi connectivity index (χ1) is 22.7. The number of carbonyl (C=O) groups is 5. The van der Waals surface area contributed by atoms with Crippen LogP contribution in [0.25, 0.3) is 11.1 Å². The van der Waals surface area contributed by atoms with E-state index < -0.39 is 11.4 Å². The molecule has 266 valence electrons. The Morgan fingerprint density at radius 3 is 1.40 bits per heavy atom. The van der Waals surface area contributed by atoms with E-state index in [-0.39, 0.29) is 113 Å². The minimum atomic E-state index is -1.21. The summed E-state index contributed by atoms with van der Waals surface area (Å²) in [7, 11) is 0. The second-order valence-corrected chi connectivity index (χ2v) is 13.5. The Morgan fingerprint density at radius 2 is 1.04 bits per heavy atom. The van der Waals surface area contributed by atoms with E-state index in [9.17, 15) is 24.0 Å². The van der Waals surface area contributed by atoms with Gasteiger partial charge in [0.05, 0.1) is 39.6 Å². The van der Waals surface area contributed by atoms with E-state index in [1.165, 1.54) is 0 Å². The molecule has 2 rings (SSSR count). The average Bonchev–Trinajstić information content (AvgIpc) is 3.06. The fraction of sp³-hybridized carbons (Fsp3) is 0.579. The van der Waals surface area contributed by atoms with Crippen LogP contribution in [0.5, 0.6) is 0 Å². The number of benzene rings is 1. The Hall–Kier alpha value is -3.60. The third-order valence-corrected chi connectivity index (χ3v) is 7.95. The van der Waals surface area contributed by atoms with Crippen molar-refractivity contribution in [1.82, 2.24) is 10.3 Å². The van der Waals surface area contributed by atoms with Crippen molar-refractivity contribution in [2.75, 3.05) is 39.6 Å². The van der Waals surface area contributed by atoms with Gasteiger partial charge in [0.2, 0.25) is 0 Å². The number of hydrogen-bond donors (Lipinski definition) is 1. The summed E-state index contributed by atoms with van der Waals surface area (Å²) in [5.74, 6) is -0.743. The molecule has 0 atom stereocenters. The molecule has 0 saturated heterocycles. The molecular formula is C38H56N2O8. The number of aromatic nitrogens is 1. The van der Waals surface area contributed by atoms with Gasteiger partial charge >= 0.3 is 0 Å². The van der Waals surface area contributed by atoms with Crippen molar-refractivity contribution >= 4 is 29.0 Å². The minimum Gasteiger partial charge on any atom is -0.378 e. The maximum absolute atomic E-state index is 13.6. The Balaban J connectivity index is 0.0000120. The van der Waals surface area contributed by atoms with Crippen LogP contribution in [0.2, 0.25) is 0 Å². The van der Waals surface area contributed by atoms with Crippen molar-refractivity contribution in [1.29, 1.82) is 0 Å². The minimum absolute atomic E-state index is 0. The molecule has 1 N–H and O–H groups in total. The monoisotopic (exact) mass is 668 g/mol. The molecule has 0 radical (unpaired) electrons. The molecule has 0 aliphatic heterocycles. The Labute approximate surface area is 287 Å². The van der Waals surface area contributed by atoms with Gasteiger partial charge in [0.1, 0.15) is 28.6 Å². The van der Waals surface area contributed by atoms with Gasteiger partial charge in [-0.2, -0.15) is 0 Å². The molecule has 1 aromatic carbocycles. The van der Waals surface area contributed by atoms with E-state index in [4.69, 9.17) is 14.2 Å². The highest BCUT2D eigenvalue weighted by molar-refractivity contribution is 5.98. The zero-order valence-corrected chi connectivity index (χ0v) is 29.9. The molecule has 0 fully saturated rings. The molecule has 1 heterocycles. The predicted molar refractivity (Wildman–Crippen MR) is 187 cm³/mol. The third kappa shape index (κ3) is 13.5. The molecular weight excluding hydrogens is 612 g/mol. The normalized spacial score (nSPS) is 11.8. The maximum atomic E-state index is 13.6. The standard InChI is InChI=1S/C38H54N2O8.H2/c1-25(2)33(41)15-18-46-22-38(23-47-19-16-34(42)26(3)4,24-48-20-17-35(43)27(5)6)40-37(45)32-14-13-31(21-39-32)29-9-11-30(12-10-29)36(44)28(7)8;/h9-14,21,25-28H,15-20,22-24H2,1-8H3,(H,40,45);1H. The summed E-state index contributed by atoms with van der Waals surface area (Å²) >= 11 is 0. The molecule has 0 unspecified atom stereocenters. The number of rotatable bonds is 23. The Bertz CT molecular complexity index is 1290. The molecule has 0 saturated carbocycles.